The number of phenolic OH excluding ortho intramolecular Hbond substituents is 1. The van der Waals surface area contributed by atoms with Crippen LogP contribution in [0.1, 0.15) is 62.9 Å². The third kappa shape index (κ3) is 7.69. The minimum atomic E-state index is -0.521. The van der Waals surface area contributed by atoms with Crippen LogP contribution in [0.15, 0.2) is 77.9 Å². The lowest BCUT2D eigenvalue weighted by Gasteiger charge is -2.25. The zero-order valence-corrected chi connectivity index (χ0v) is 19.7. The van der Waals surface area contributed by atoms with E-state index in [2.05, 4.69) is 39.8 Å². The standard InChI is InChI=1S/C14H12O3.C14H24O/c15-13-9-5-4-8-12(13)14(16)17-10-11-6-2-1-3-7-11;1-5-12(10-15)6-7-13-8-11(2)9-14(13,3)4/h1-9,15H,10H2;6,9,13,15H,5,7-8,10H2,1-4H3. The van der Waals surface area contributed by atoms with Crippen molar-refractivity contribution < 1.29 is 19.7 Å². The minimum Gasteiger partial charge on any atom is -0.507 e. The van der Waals surface area contributed by atoms with Gasteiger partial charge in [0.25, 0.3) is 0 Å². The predicted octanol–water partition coefficient (Wildman–Crippen LogP) is 6.45. The van der Waals surface area contributed by atoms with E-state index in [0.717, 1.165) is 18.4 Å². The number of phenols is 1. The number of benzene rings is 2. The van der Waals surface area contributed by atoms with Crippen molar-refractivity contribution in [2.75, 3.05) is 6.61 Å². The third-order valence-electron chi connectivity index (χ3n) is 5.92. The molecule has 0 aliphatic heterocycles. The zero-order chi connectivity index (χ0) is 23.6. The van der Waals surface area contributed by atoms with Crippen LogP contribution in [0.4, 0.5) is 0 Å². The van der Waals surface area contributed by atoms with Crippen LogP contribution < -0.4 is 0 Å². The molecule has 0 bridgehead atoms. The second-order valence-corrected chi connectivity index (χ2v) is 8.90. The van der Waals surface area contributed by atoms with E-state index in [4.69, 9.17) is 9.84 Å². The van der Waals surface area contributed by atoms with Crippen molar-refractivity contribution in [2.45, 2.75) is 53.6 Å². The first kappa shape index (κ1) is 25.4. The van der Waals surface area contributed by atoms with E-state index in [1.165, 1.54) is 29.7 Å². The highest BCUT2D eigenvalue weighted by atomic mass is 16.5. The maximum absolute atomic E-state index is 11.7. The van der Waals surface area contributed by atoms with Gasteiger partial charge in [0, 0.05) is 0 Å². The Morgan fingerprint density at radius 2 is 1.78 bits per heavy atom. The van der Waals surface area contributed by atoms with Crippen LogP contribution in [0.5, 0.6) is 5.75 Å². The van der Waals surface area contributed by atoms with Crippen LogP contribution in [-0.2, 0) is 11.3 Å². The number of aliphatic hydroxyl groups excluding tert-OH is 1. The monoisotopic (exact) mass is 436 g/mol. The van der Waals surface area contributed by atoms with Crippen molar-refractivity contribution in [1.82, 2.24) is 0 Å². The lowest BCUT2D eigenvalue weighted by Crippen LogP contribution is -2.16. The molecule has 1 atom stereocenters. The number of aromatic hydroxyl groups is 1. The summed E-state index contributed by atoms with van der Waals surface area (Å²) in [4.78, 5) is 11.7. The van der Waals surface area contributed by atoms with Crippen LogP contribution in [0.25, 0.3) is 0 Å². The third-order valence-corrected chi connectivity index (χ3v) is 5.92. The molecule has 4 heteroatoms. The predicted molar refractivity (Wildman–Crippen MR) is 129 cm³/mol. The molecular formula is C28H36O4. The van der Waals surface area contributed by atoms with Crippen molar-refractivity contribution in [2.24, 2.45) is 11.3 Å². The van der Waals surface area contributed by atoms with Gasteiger partial charge in [0.2, 0.25) is 0 Å². The van der Waals surface area contributed by atoms with Crippen LogP contribution in [0.2, 0.25) is 0 Å². The Balaban J connectivity index is 0.000000229. The number of esters is 1. The van der Waals surface area contributed by atoms with Crippen molar-refractivity contribution in [3.63, 3.8) is 0 Å². The largest absolute Gasteiger partial charge is 0.507 e. The van der Waals surface area contributed by atoms with Crippen molar-refractivity contribution in [1.29, 1.82) is 0 Å². The lowest BCUT2D eigenvalue weighted by atomic mass is 9.79. The molecule has 0 fully saturated rings. The van der Waals surface area contributed by atoms with Crippen molar-refractivity contribution >= 4 is 5.97 Å². The van der Waals surface area contributed by atoms with Gasteiger partial charge in [-0.05, 0) is 60.8 Å². The SMILES string of the molecule is CCC(=CCC1CC(C)=CC1(C)C)CO.O=C(OCc1ccccc1)c1ccccc1O. The summed E-state index contributed by atoms with van der Waals surface area (Å²) in [7, 11) is 0. The number of carbonyl (C=O) groups excluding carboxylic acids is 1. The summed E-state index contributed by atoms with van der Waals surface area (Å²) < 4.78 is 5.10. The van der Waals surface area contributed by atoms with Gasteiger partial charge in [-0.1, -0.05) is 81.0 Å². The van der Waals surface area contributed by atoms with Gasteiger partial charge in [0.1, 0.15) is 17.9 Å². The van der Waals surface area contributed by atoms with Gasteiger partial charge >= 0.3 is 5.97 Å². The molecule has 0 radical (unpaired) electrons. The number of aliphatic hydroxyl groups is 1. The topological polar surface area (TPSA) is 66.8 Å². The molecule has 2 aromatic rings. The second kappa shape index (κ2) is 12.3. The fourth-order valence-corrected chi connectivity index (χ4v) is 3.93. The second-order valence-electron chi connectivity index (χ2n) is 8.90. The van der Waals surface area contributed by atoms with E-state index in [-0.39, 0.29) is 24.5 Å². The molecule has 0 heterocycles. The van der Waals surface area contributed by atoms with Crippen molar-refractivity contribution in [3.05, 3.63) is 89.0 Å². The van der Waals surface area contributed by atoms with Gasteiger partial charge < -0.3 is 14.9 Å². The Hall–Kier alpha value is -2.85. The summed E-state index contributed by atoms with van der Waals surface area (Å²) >= 11 is 0. The molecule has 0 amide bonds. The summed E-state index contributed by atoms with van der Waals surface area (Å²) in [5.41, 5.74) is 4.12. The van der Waals surface area contributed by atoms with Gasteiger partial charge in [-0.25, -0.2) is 4.79 Å². The molecular weight excluding hydrogens is 400 g/mol. The van der Waals surface area contributed by atoms with Crippen LogP contribution in [-0.4, -0.2) is 22.8 Å². The van der Waals surface area contributed by atoms with Crippen LogP contribution in [0.3, 0.4) is 0 Å². The molecule has 1 aliphatic rings. The smallest absolute Gasteiger partial charge is 0.342 e. The summed E-state index contributed by atoms with van der Waals surface area (Å²) in [6.45, 7) is 9.37. The first-order valence-corrected chi connectivity index (χ1v) is 11.2. The van der Waals surface area contributed by atoms with Crippen LogP contribution >= 0.6 is 0 Å². The molecule has 0 saturated carbocycles. The molecule has 2 N–H and O–H groups in total. The summed E-state index contributed by atoms with van der Waals surface area (Å²) in [5, 5.41) is 18.6. The minimum absolute atomic E-state index is 0.0643. The quantitative estimate of drug-likeness (QED) is 0.387. The Labute approximate surface area is 192 Å². The average Bonchev–Trinajstić information content (AvgIpc) is 3.05. The van der Waals surface area contributed by atoms with Gasteiger partial charge in [-0.2, -0.15) is 0 Å². The molecule has 0 saturated heterocycles. The van der Waals surface area contributed by atoms with Crippen LogP contribution in [0, 0.1) is 11.3 Å². The Morgan fingerprint density at radius 1 is 1.12 bits per heavy atom. The highest BCUT2D eigenvalue weighted by Crippen LogP contribution is 2.42. The molecule has 4 nitrogen and oxygen atoms in total. The maximum Gasteiger partial charge on any atom is 0.342 e. The average molecular weight is 437 g/mol. The number of ether oxygens (including phenoxy) is 1. The molecule has 32 heavy (non-hydrogen) atoms. The summed E-state index contributed by atoms with van der Waals surface area (Å²) in [6.07, 6.45) is 7.92. The first-order valence-electron chi connectivity index (χ1n) is 11.2. The normalized spacial score (nSPS) is 17.2. The maximum atomic E-state index is 11.7. The molecule has 2 aromatic carbocycles. The lowest BCUT2D eigenvalue weighted by molar-refractivity contribution is 0.0469. The number of para-hydroxylation sites is 1. The van der Waals surface area contributed by atoms with E-state index in [1.807, 2.05) is 30.3 Å². The highest BCUT2D eigenvalue weighted by Gasteiger charge is 2.31. The molecule has 3 rings (SSSR count). The molecule has 172 valence electrons. The highest BCUT2D eigenvalue weighted by molar-refractivity contribution is 5.92. The van der Waals surface area contributed by atoms with E-state index >= 15 is 0 Å². The fraction of sp³-hybridized carbons (Fsp3) is 0.393. The van der Waals surface area contributed by atoms with Gasteiger partial charge in [-0.3, -0.25) is 0 Å². The molecule has 1 aliphatic carbocycles. The number of carbonyl (C=O) groups is 1. The van der Waals surface area contributed by atoms with E-state index in [9.17, 15) is 9.90 Å². The van der Waals surface area contributed by atoms with Gasteiger partial charge in [-0.15, -0.1) is 0 Å². The van der Waals surface area contributed by atoms with E-state index < -0.39 is 5.97 Å². The Bertz CT molecular complexity index is 919. The molecule has 0 spiro atoms. The number of rotatable bonds is 7. The Kier molecular flexibility index (Phi) is 9.73. The van der Waals surface area contributed by atoms with Crippen molar-refractivity contribution in [3.8, 4) is 5.75 Å². The number of hydrogen-bond donors (Lipinski definition) is 2. The number of allylic oxidation sites excluding steroid dienone is 3. The van der Waals surface area contributed by atoms with Gasteiger partial charge in [0.05, 0.1) is 6.61 Å². The molecule has 1 unspecified atom stereocenters. The summed E-state index contributed by atoms with van der Waals surface area (Å²) in [6, 6.07) is 15.7. The first-order chi connectivity index (χ1) is 15.3. The zero-order valence-electron chi connectivity index (χ0n) is 19.7. The Morgan fingerprint density at radius 3 is 2.34 bits per heavy atom. The molecule has 0 aromatic heterocycles. The van der Waals surface area contributed by atoms with E-state index in [0.29, 0.717) is 11.3 Å². The van der Waals surface area contributed by atoms with Gasteiger partial charge in [0.15, 0.2) is 0 Å². The number of hydrogen-bond acceptors (Lipinski definition) is 4. The fourth-order valence-electron chi connectivity index (χ4n) is 3.93. The summed E-state index contributed by atoms with van der Waals surface area (Å²) in [5.74, 6) is 0.128. The van der Waals surface area contributed by atoms with E-state index in [1.54, 1.807) is 12.1 Å².